The maximum Gasteiger partial charge on any atom is 0.306 e. The van der Waals surface area contributed by atoms with Gasteiger partial charge in [0.1, 0.15) is 6.10 Å². The molecule has 1 unspecified atom stereocenters. The number of carbonyl (C=O) groups is 3. The molecular formula is C37H55N3O12. The molecule has 0 saturated heterocycles. The van der Waals surface area contributed by atoms with Crippen LogP contribution in [0.3, 0.4) is 0 Å². The van der Waals surface area contributed by atoms with Crippen molar-refractivity contribution >= 4 is 17.8 Å². The molecule has 15 nitrogen and oxygen atoms in total. The summed E-state index contributed by atoms with van der Waals surface area (Å²) >= 11 is 0. The third kappa shape index (κ3) is 18.2. The average Bonchev–Trinajstić information content (AvgIpc) is 3.38. The van der Waals surface area contributed by atoms with Gasteiger partial charge in [-0.2, -0.15) is 0 Å². The van der Waals surface area contributed by atoms with Gasteiger partial charge in [0, 0.05) is 38.1 Å². The summed E-state index contributed by atoms with van der Waals surface area (Å²) in [6.45, 7) is 1.97. The van der Waals surface area contributed by atoms with Crippen molar-refractivity contribution in [1.29, 1.82) is 0 Å². The van der Waals surface area contributed by atoms with Crippen LogP contribution in [0.2, 0.25) is 0 Å². The van der Waals surface area contributed by atoms with Crippen LogP contribution in [-0.4, -0.2) is 81.1 Å². The molecular weight excluding hydrogens is 678 g/mol. The fourth-order valence-corrected chi connectivity index (χ4v) is 6.22. The van der Waals surface area contributed by atoms with Gasteiger partial charge in [0.25, 0.3) is 10.2 Å². The van der Waals surface area contributed by atoms with Gasteiger partial charge in [-0.15, -0.1) is 20.2 Å². The van der Waals surface area contributed by atoms with E-state index in [0.717, 1.165) is 5.56 Å². The summed E-state index contributed by atoms with van der Waals surface area (Å²) in [5.74, 6) is -1.50. The lowest BCUT2D eigenvalue weighted by Gasteiger charge is -2.21. The number of unbranched alkanes of at least 4 members (excludes halogenated alkanes) is 5. The number of ether oxygens (including phenoxy) is 1. The van der Waals surface area contributed by atoms with Crippen LogP contribution < -0.4 is 0 Å². The summed E-state index contributed by atoms with van der Waals surface area (Å²) < 4.78 is 5.80. The fraction of sp³-hybridized carbons (Fsp3) is 0.649. The lowest BCUT2D eigenvalue weighted by atomic mass is 9.89. The largest absolute Gasteiger partial charge is 0.458 e. The van der Waals surface area contributed by atoms with Crippen LogP contribution in [-0.2, 0) is 35.2 Å². The lowest BCUT2D eigenvalue weighted by molar-refractivity contribution is -0.757. The molecule has 1 aliphatic carbocycles. The van der Waals surface area contributed by atoms with E-state index in [0.29, 0.717) is 70.6 Å². The molecule has 5 atom stereocenters. The van der Waals surface area contributed by atoms with Crippen molar-refractivity contribution in [2.75, 3.05) is 19.8 Å². The Kier molecular flexibility index (Phi) is 21.5. The Labute approximate surface area is 305 Å². The van der Waals surface area contributed by atoms with Gasteiger partial charge in [0.15, 0.2) is 0 Å². The Morgan fingerprint density at radius 2 is 1.48 bits per heavy atom. The first-order valence-corrected chi connectivity index (χ1v) is 18.3. The second-order valence-corrected chi connectivity index (χ2v) is 12.9. The van der Waals surface area contributed by atoms with E-state index in [4.69, 9.17) is 4.74 Å². The highest BCUT2D eigenvalue weighted by molar-refractivity contribution is 5.95. The molecule has 2 rings (SSSR count). The molecule has 0 aromatic heterocycles. The van der Waals surface area contributed by atoms with E-state index >= 15 is 0 Å². The van der Waals surface area contributed by atoms with E-state index < -0.39 is 28.5 Å². The Morgan fingerprint density at radius 3 is 2.10 bits per heavy atom. The standard InChI is InChI=1S/C37H55N3O12/c1-2-38(36(44)20-12-6-14-26-50-39(46)47)35(43)19-11-4-3-10-18-31-32(34(42)28-33(31)41)25-24-30(23-22-29-16-8-5-9-17-29)52-37(45)21-13-7-15-27-51-40(48)49/h3,5,8-10,16-17,24-25,30-34,41-42H,2,4,6-7,11-15,18-23,26-28H2,1H3/b10-3-,25-24+/t30-,31+,32+,33?,34+/m0/s1. The highest BCUT2D eigenvalue weighted by Crippen LogP contribution is 2.36. The Morgan fingerprint density at radius 1 is 0.865 bits per heavy atom. The van der Waals surface area contributed by atoms with Gasteiger partial charge >= 0.3 is 5.97 Å². The first kappa shape index (κ1) is 43.8. The molecule has 0 radical (unpaired) electrons. The normalized spacial score (nSPS) is 19.1. The van der Waals surface area contributed by atoms with Crippen LogP contribution in [0.15, 0.2) is 54.6 Å². The number of imide groups is 1. The number of benzene rings is 1. The van der Waals surface area contributed by atoms with Crippen molar-refractivity contribution in [2.45, 2.75) is 122 Å². The van der Waals surface area contributed by atoms with E-state index in [2.05, 4.69) is 9.68 Å². The number of hydrogen-bond acceptors (Lipinski definition) is 12. The average molecular weight is 734 g/mol. The minimum absolute atomic E-state index is 0.0205. The Hall–Kier alpha value is -4.37. The van der Waals surface area contributed by atoms with E-state index in [-0.39, 0.29) is 75.1 Å². The third-order valence-corrected chi connectivity index (χ3v) is 9.02. The third-order valence-electron chi connectivity index (χ3n) is 9.02. The van der Waals surface area contributed by atoms with E-state index in [9.17, 15) is 44.8 Å². The van der Waals surface area contributed by atoms with Crippen molar-refractivity contribution in [1.82, 2.24) is 4.90 Å². The van der Waals surface area contributed by atoms with Crippen LogP contribution in [0, 0.1) is 32.1 Å². The number of esters is 1. The van der Waals surface area contributed by atoms with Crippen molar-refractivity contribution in [3.63, 3.8) is 0 Å². The summed E-state index contributed by atoms with van der Waals surface area (Å²) in [6, 6.07) is 9.80. The number of aliphatic hydroxyl groups excluding tert-OH is 2. The second kappa shape index (κ2) is 25.6. The maximum absolute atomic E-state index is 12.7. The molecule has 15 heteroatoms. The summed E-state index contributed by atoms with van der Waals surface area (Å²) in [4.78, 5) is 68.2. The summed E-state index contributed by atoms with van der Waals surface area (Å²) in [6.07, 6.45) is 12.2. The SMILES string of the molecule is CCN(C(=O)CCC/C=C\C[C@H]1C(O)C[C@@H](O)[C@@H]1/C=C/[C@H](CCc1ccccc1)OC(=O)CCCCCO[N+](=O)[O-])C(=O)CCCCCO[N+](=O)[O-]. The number of allylic oxidation sites excluding steroid dienone is 2. The number of nitrogens with zero attached hydrogens (tertiary/aromatic N) is 3. The van der Waals surface area contributed by atoms with Crippen LogP contribution in [0.1, 0.15) is 102 Å². The molecule has 2 amide bonds. The van der Waals surface area contributed by atoms with E-state index in [1.54, 1.807) is 13.0 Å². The molecule has 52 heavy (non-hydrogen) atoms. The number of aryl methyl sites for hydroxylation is 1. The highest BCUT2D eigenvalue weighted by Gasteiger charge is 2.39. The van der Waals surface area contributed by atoms with Crippen molar-refractivity contribution in [3.8, 4) is 0 Å². The molecule has 0 bridgehead atoms. The van der Waals surface area contributed by atoms with E-state index in [1.807, 2.05) is 48.6 Å². The molecule has 1 saturated carbocycles. The van der Waals surface area contributed by atoms with Gasteiger partial charge < -0.3 is 24.6 Å². The highest BCUT2D eigenvalue weighted by atomic mass is 17.0. The summed E-state index contributed by atoms with van der Waals surface area (Å²) in [5, 5.41) is 40.3. The van der Waals surface area contributed by atoms with Gasteiger partial charge in [-0.05, 0) is 82.3 Å². The number of hydrogen-bond donors (Lipinski definition) is 2. The number of aliphatic hydroxyl groups is 2. The molecule has 0 spiro atoms. The maximum atomic E-state index is 12.7. The zero-order valence-corrected chi connectivity index (χ0v) is 30.1. The smallest absolute Gasteiger partial charge is 0.306 e. The summed E-state index contributed by atoms with van der Waals surface area (Å²) in [7, 11) is 0. The van der Waals surface area contributed by atoms with Crippen LogP contribution >= 0.6 is 0 Å². The zero-order valence-electron chi connectivity index (χ0n) is 30.1. The van der Waals surface area contributed by atoms with Crippen LogP contribution in [0.25, 0.3) is 0 Å². The van der Waals surface area contributed by atoms with Crippen molar-refractivity contribution in [3.05, 3.63) is 80.4 Å². The molecule has 290 valence electrons. The zero-order chi connectivity index (χ0) is 38.1. The lowest BCUT2D eigenvalue weighted by Crippen LogP contribution is -2.36. The molecule has 2 N–H and O–H groups in total. The van der Waals surface area contributed by atoms with Gasteiger partial charge in [0.2, 0.25) is 11.8 Å². The first-order chi connectivity index (χ1) is 25.0. The minimum atomic E-state index is -0.848. The molecule has 1 aromatic rings. The molecule has 1 fully saturated rings. The van der Waals surface area contributed by atoms with Gasteiger partial charge in [-0.1, -0.05) is 61.4 Å². The number of amides is 2. The van der Waals surface area contributed by atoms with Gasteiger partial charge in [0.05, 0.1) is 25.4 Å². The van der Waals surface area contributed by atoms with Crippen molar-refractivity contribution < 1.29 is 49.2 Å². The molecule has 1 aliphatic rings. The molecule has 0 aliphatic heterocycles. The van der Waals surface area contributed by atoms with Crippen LogP contribution in [0.4, 0.5) is 0 Å². The van der Waals surface area contributed by atoms with Gasteiger partial charge in [-0.25, -0.2) is 0 Å². The Balaban J connectivity index is 1.86. The van der Waals surface area contributed by atoms with Crippen molar-refractivity contribution in [2.24, 2.45) is 11.8 Å². The number of rotatable bonds is 27. The van der Waals surface area contributed by atoms with Crippen LogP contribution in [0.5, 0.6) is 0 Å². The minimum Gasteiger partial charge on any atom is -0.458 e. The number of carbonyl (C=O) groups excluding carboxylic acids is 3. The molecule has 1 aromatic carbocycles. The second-order valence-electron chi connectivity index (χ2n) is 12.9. The quantitative estimate of drug-likeness (QED) is 0.0379. The van der Waals surface area contributed by atoms with Gasteiger partial charge in [-0.3, -0.25) is 19.3 Å². The topological polar surface area (TPSA) is 209 Å². The monoisotopic (exact) mass is 733 g/mol. The fourth-order valence-electron chi connectivity index (χ4n) is 6.22. The molecule has 0 heterocycles. The first-order valence-electron chi connectivity index (χ1n) is 18.3. The Bertz CT molecular complexity index is 1290. The predicted octanol–water partition coefficient (Wildman–Crippen LogP) is 5.47. The predicted molar refractivity (Wildman–Crippen MR) is 190 cm³/mol. The summed E-state index contributed by atoms with van der Waals surface area (Å²) in [5.41, 5.74) is 1.09. The van der Waals surface area contributed by atoms with E-state index in [1.165, 1.54) is 4.90 Å².